The number of pyridine rings is 1. The van der Waals surface area contributed by atoms with Gasteiger partial charge in [0, 0.05) is 55.7 Å². The first kappa shape index (κ1) is 15.2. The van der Waals surface area contributed by atoms with Crippen molar-refractivity contribution < 1.29 is 4.79 Å². The van der Waals surface area contributed by atoms with Gasteiger partial charge in [0.1, 0.15) is 11.6 Å². The molecule has 0 aromatic carbocycles. The molecule has 1 amide bonds. The summed E-state index contributed by atoms with van der Waals surface area (Å²) in [4.78, 5) is 29.2. The molecule has 0 aliphatic carbocycles. The summed E-state index contributed by atoms with van der Waals surface area (Å²) in [5, 5.41) is 0. The lowest BCUT2D eigenvalue weighted by Gasteiger charge is -2.19. The van der Waals surface area contributed by atoms with E-state index in [0.717, 1.165) is 55.5 Å². The number of aromatic nitrogens is 3. The highest BCUT2D eigenvalue weighted by Gasteiger charge is 2.30. The van der Waals surface area contributed by atoms with Crippen molar-refractivity contribution in [3.8, 4) is 0 Å². The number of aromatic amines is 1. The fraction of sp³-hybridized carbons (Fsp3) is 0.500. The van der Waals surface area contributed by atoms with Gasteiger partial charge in [-0.1, -0.05) is 0 Å². The number of likely N-dealkylation sites (tertiary alicyclic amines) is 1. The second kappa shape index (κ2) is 6.26. The first-order valence-corrected chi connectivity index (χ1v) is 8.72. The molecule has 4 rings (SSSR count). The van der Waals surface area contributed by atoms with Crippen LogP contribution in [0.2, 0.25) is 0 Å². The molecule has 2 aromatic heterocycles. The second-order valence-corrected chi connectivity index (χ2v) is 6.79. The van der Waals surface area contributed by atoms with Gasteiger partial charge in [0.25, 0.3) is 5.91 Å². The topological polar surface area (TPSA) is 65.1 Å². The molecule has 6 heteroatoms. The van der Waals surface area contributed by atoms with E-state index in [1.54, 1.807) is 6.20 Å². The van der Waals surface area contributed by atoms with E-state index in [9.17, 15) is 4.79 Å². The fourth-order valence-electron chi connectivity index (χ4n) is 3.66. The summed E-state index contributed by atoms with van der Waals surface area (Å²) in [5.74, 6) is 2.33. The molecule has 2 aromatic rings. The predicted molar refractivity (Wildman–Crippen MR) is 92.3 cm³/mol. The summed E-state index contributed by atoms with van der Waals surface area (Å²) in [6.07, 6.45) is 6.98. The van der Waals surface area contributed by atoms with Crippen LogP contribution in [0, 0.1) is 6.92 Å². The number of imidazole rings is 1. The minimum absolute atomic E-state index is 0.101. The molecule has 0 spiro atoms. The van der Waals surface area contributed by atoms with Crippen LogP contribution in [0.1, 0.15) is 47.1 Å². The van der Waals surface area contributed by atoms with Crippen LogP contribution in [0.3, 0.4) is 0 Å². The first-order valence-electron chi connectivity index (χ1n) is 8.72. The second-order valence-electron chi connectivity index (χ2n) is 6.79. The number of hydrogen-bond donors (Lipinski definition) is 1. The Labute approximate surface area is 141 Å². The molecule has 2 fully saturated rings. The molecular formula is C18H23N5O. The van der Waals surface area contributed by atoms with Crippen LogP contribution in [0.15, 0.2) is 24.5 Å². The number of nitrogens with one attached hydrogen (secondary N) is 1. The lowest BCUT2D eigenvalue weighted by atomic mass is 10.1. The highest BCUT2D eigenvalue weighted by molar-refractivity contribution is 5.95. The van der Waals surface area contributed by atoms with Gasteiger partial charge in [0.2, 0.25) is 0 Å². The summed E-state index contributed by atoms with van der Waals surface area (Å²) >= 11 is 0. The number of rotatable bonds is 3. The molecule has 2 saturated heterocycles. The molecule has 2 aliphatic rings. The molecule has 2 aliphatic heterocycles. The van der Waals surface area contributed by atoms with Gasteiger partial charge >= 0.3 is 0 Å². The molecule has 24 heavy (non-hydrogen) atoms. The van der Waals surface area contributed by atoms with E-state index in [1.165, 1.54) is 12.8 Å². The maximum absolute atomic E-state index is 12.8. The molecule has 0 radical (unpaired) electrons. The Hall–Kier alpha value is -2.37. The fourth-order valence-corrected chi connectivity index (χ4v) is 3.66. The Bertz CT molecular complexity index is 735. The van der Waals surface area contributed by atoms with Gasteiger partial charge in [-0.15, -0.1) is 0 Å². The lowest BCUT2D eigenvalue weighted by molar-refractivity contribution is 0.0790. The van der Waals surface area contributed by atoms with E-state index < -0.39 is 0 Å². The number of anilines is 1. The first-order chi connectivity index (χ1) is 11.7. The summed E-state index contributed by atoms with van der Waals surface area (Å²) in [7, 11) is 0. The van der Waals surface area contributed by atoms with E-state index in [1.807, 2.05) is 30.2 Å². The Morgan fingerprint density at radius 3 is 2.83 bits per heavy atom. The van der Waals surface area contributed by atoms with Gasteiger partial charge in [-0.25, -0.2) is 9.97 Å². The smallest absolute Gasteiger partial charge is 0.254 e. The van der Waals surface area contributed by atoms with Gasteiger partial charge in [-0.05, 0) is 38.3 Å². The molecule has 1 N–H and O–H groups in total. The highest BCUT2D eigenvalue weighted by atomic mass is 16.2. The maximum atomic E-state index is 12.8. The Kier molecular flexibility index (Phi) is 3.96. The number of carbonyl (C=O) groups excluding carboxylic acids is 1. The van der Waals surface area contributed by atoms with Gasteiger partial charge in [-0.2, -0.15) is 0 Å². The highest BCUT2D eigenvalue weighted by Crippen LogP contribution is 2.27. The number of aryl methyl sites for hydroxylation is 1. The molecule has 1 unspecified atom stereocenters. The van der Waals surface area contributed by atoms with E-state index in [2.05, 4.69) is 19.9 Å². The summed E-state index contributed by atoms with van der Waals surface area (Å²) in [6.45, 7) is 5.59. The van der Waals surface area contributed by atoms with Gasteiger partial charge in [-0.3, -0.25) is 4.79 Å². The van der Waals surface area contributed by atoms with Crippen LogP contribution in [-0.4, -0.2) is 51.9 Å². The van der Waals surface area contributed by atoms with E-state index in [-0.39, 0.29) is 5.91 Å². The van der Waals surface area contributed by atoms with Crippen molar-refractivity contribution in [1.82, 2.24) is 19.9 Å². The van der Waals surface area contributed by atoms with Crippen molar-refractivity contribution in [1.29, 1.82) is 0 Å². The minimum atomic E-state index is 0.101. The van der Waals surface area contributed by atoms with Gasteiger partial charge in [0.15, 0.2) is 0 Å². The van der Waals surface area contributed by atoms with E-state index in [0.29, 0.717) is 5.92 Å². The van der Waals surface area contributed by atoms with Crippen LogP contribution in [-0.2, 0) is 0 Å². The monoisotopic (exact) mass is 325 g/mol. The number of H-pyrrole nitrogens is 1. The molecule has 1 atom stereocenters. The van der Waals surface area contributed by atoms with Crippen LogP contribution in [0.25, 0.3) is 0 Å². The molecule has 0 saturated carbocycles. The number of carbonyl (C=O) groups is 1. The number of nitrogens with zero attached hydrogens (tertiary/aromatic N) is 4. The summed E-state index contributed by atoms with van der Waals surface area (Å²) < 4.78 is 0. The third kappa shape index (κ3) is 2.88. The standard InChI is InChI=1S/C18H23N5O/c1-13-11-20-17(21-13)15-5-9-23(12-15)18(24)14-4-6-19-16(10-14)22-7-2-3-8-22/h4,6,10-11,15H,2-3,5,7-9,12H2,1H3,(H,20,21). The SMILES string of the molecule is Cc1cnc(C2CCN(C(=O)c3ccnc(N4CCCC4)c3)C2)[nH]1. The predicted octanol–water partition coefficient (Wildman–Crippen LogP) is 2.34. The van der Waals surface area contributed by atoms with Crippen LogP contribution in [0.4, 0.5) is 5.82 Å². The average molecular weight is 325 g/mol. The average Bonchev–Trinajstić information content (AvgIpc) is 3.35. The Morgan fingerprint density at radius 2 is 2.08 bits per heavy atom. The van der Waals surface area contributed by atoms with Gasteiger partial charge < -0.3 is 14.8 Å². The van der Waals surface area contributed by atoms with Crippen LogP contribution in [0.5, 0.6) is 0 Å². The van der Waals surface area contributed by atoms with Crippen LogP contribution < -0.4 is 4.90 Å². The third-order valence-electron chi connectivity index (χ3n) is 5.01. The molecule has 126 valence electrons. The minimum Gasteiger partial charge on any atom is -0.357 e. The largest absolute Gasteiger partial charge is 0.357 e. The van der Waals surface area contributed by atoms with Gasteiger partial charge in [0.05, 0.1) is 0 Å². The zero-order chi connectivity index (χ0) is 16.5. The summed E-state index contributed by atoms with van der Waals surface area (Å²) in [6, 6.07) is 3.77. The lowest BCUT2D eigenvalue weighted by Crippen LogP contribution is -2.29. The van der Waals surface area contributed by atoms with Crippen LogP contribution >= 0.6 is 0 Å². The van der Waals surface area contributed by atoms with Crippen molar-refractivity contribution >= 4 is 11.7 Å². The van der Waals surface area contributed by atoms with E-state index >= 15 is 0 Å². The molecule has 4 heterocycles. The third-order valence-corrected chi connectivity index (χ3v) is 5.01. The Morgan fingerprint density at radius 1 is 1.25 bits per heavy atom. The Balaban J connectivity index is 1.47. The van der Waals surface area contributed by atoms with Crippen molar-refractivity contribution in [3.05, 3.63) is 41.6 Å². The maximum Gasteiger partial charge on any atom is 0.254 e. The summed E-state index contributed by atoms with van der Waals surface area (Å²) in [5.41, 5.74) is 1.81. The zero-order valence-corrected chi connectivity index (χ0v) is 14.0. The number of hydrogen-bond acceptors (Lipinski definition) is 4. The normalized spacial score (nSPS) is 20.8. The van der Waals surface area contributed by atoms with E-state index in [4.69, 9.17) is 0 Å². The number of amides is 1. The quantitative estimate of drug-likeness (QED) is 0.941. The molecule has 0 bridgehead atoms. The van der Waals surface area contributed by atoms with Crippen molar-refractivity contribution in [3.63, 3.8) is 0 Å². The zero-order valence-electron chi connectivity index (χ0n) is 14.0. The molecule has 6 nitrogen and oxygen atoms in total. The molecular weight excluding hydrogens is 302 g/mol. The van der Waals surface area contributed by atoms with Crippen molar-refractivity contribution in [2.75, 3.05) is 31.1 Å². The van der Waals surface area contributed by atoms with Crippen molar-refractivity contribution in [2.45, 2.75) is 32.1 Å². The van der Waals surface area contributed by atoms with Crippen molar-refractivity contribution in [2.24, 2.45) is 0 Å².